The van der Waals surface area contributed by atoms with Gasteiger partial charge < -0.3 is 15.5 Å². The lowest BCUT2D eigenvalue weighted by Gasteiger charge is -2.46. The number of amides is 2. The Balaban J connectivity index is 1.38. The summed E-state index contributed by atoms with van der Waals surface area (Å²) in [6, 6.07) is 7.49. The molecular weight excluding hydrogens is 356 g/mol. The average Bonchev–Trinajstić information content (AvgIpc) is 3.00. The first-order valence-corrected chi connectivity index (χ1v) is 9.74. The molecule has 0 saturated carbocycles. The number of rotatable bonds is 3. The van der Waals surface area contributed by atoms with Gasteiger partial charge in [-0.1, -0.05) is 12.1 Å². The van der Waals surface area contributed by atoms with E-state index in [0.29, 0.717) is 37.9 Å². The van der Waals surface area contributed by atoms with Gasteiger partial charge in [-0.25, -0.2) is 9.67 Å². The molecule has 1 fully saturated rings. The Morgan fingerprint density at radius 3 is 2.61 bits per heavy atom. The number of carbonyl (C=O) groups excluding carboxylic acids is 2. The Morgan fingerprint density at radius 2 is 1.93 bits per heavy atom. The molecule has 1 unspecified atom stereocenters. The van der Waals surface area contributed by atoms with E-state index in [4.69, 9.17) is 0 Å². The van der Waals surface area contributed by atoms with Gasteiger partial charge in [-0.05, 0) is 32.9 Å². The van der Waals surface area contributed by atoms with Gasteiger partial charge in [0.2, 0.25) is 5.91 Å². The number of benzene rings is 1. The zero-order valence-corrected chi connectivity index (χ0v) is 16.5. The first-order chi connectivity index (χ1) is 13.4. The highest BCUT2D eigenvalue weighted by Crippen LogP contribution is 2.31. The summed E-state index contributed by atoms with van der Waals surface area (Å²) in [5, 5.41) is 11.0. The second-order valence-electron chi connectivity index (χ2n) is 7.79. The molecule has 8 nitrogen and oxygen atoms in total. The highest BCUT2D eigenvalue weighted by atomic mass is 16.2. The van der Waals surface area contributed by atoms with Crippen molar-refractivity contribution in [2.75, 3.05) is 18.4 Å². The quantitative estimate of drug-likeness (QED) is 0.847. The third-order valence-corrected chi connectivity index (χ3v) is 5.66. The molecule has 4 rings (SSSR count). The number of piperidine rings is 1. The van der Waals surface area contributed by atoms with Crippen LogP contribution in [0.3, 0.4) is 0 Å². The number of nitrogens with zero attached hydrogens (tertiary/aromatic N) is 4. The summed E-state index contributed by atoms with van der Waals surface area (Å²) in [5.74, 6) is 1.59. The molecule has 3 heterocycles. The topological polar surface area (TPSA) is 92.2 Å². The number of para-hydroxylation sites is 1. The minimum atomic E-state index is -0.479. The molecule has 2 aliphatic rings. The molecule has 2 N–H and O–H groups in total. The summed E-state index contributed by atoms with van der Waals surface area (Å²) in [4.78, 5) is 31.5. The van der Waals surface area contributed by atoms with E-state index >= 15 is 0 Å². The molecule has 1 saturated heterocycles. The number of carbonyl (C=O) groups is 2. The predicted octanol–water partition coefficient (Wildman–Crippen LogP) is 2.02. The fourth-order valence-corrected chi connectivity index (χ4v) is 4.17. The lowest BCUT2D eigenvalue weighted by Crippen LogP contribution is -2.62. The molecule has 148 valence electrons. The van der Waals surface area contributed by atoms with Gasteiger partial charge >= 0.3 is 0 Å². The van der Waals surface area contributed by atoms with Gasteiger partial charge in [0.1, 0.15) is 17.3 Å². The van der Waals surface area contributed by atoms with Gasteiger partial charge in [0.25, 0.3) is 5.91 Å². The second-order valence-corrected chi connectivity index (χ2v) is 7.79. The van der Waals surface area contributed by atoms with Crippen LogP contribution in [0.5, 0.6) is 0 Å². The number of anilines is 1. The maximum absolute atomic E-state index is 12.8. The van der Waals surface area contributed by atoms with Crippen LogP contribution in [0.2, 0.25) is 0 Å². The SMILES string of the molecule is Cc1nc(C)n(C(C)CC(=O)N2CCC3(CC2)NC(=O)c2ccccc2N3)n1. The Bertz CT molecular complexity index is 913. The van der Waals surface area contributed by atoms with Crippen molar-refractivity contribution in [3.05, 3.63) is 41.5 Å². The average molecular weight is 382 g/mol. The Labute approximate surface area is 164 Å². The molecule has 2 aliphatic heterocycles. The predicted molar refractivity (Wildman–Crippen MR) is 105 cm³/mol. The fourth-order valence-electron chi connectivity index (χ4n) is 4.17. The van der Waals surface area contributed by atoms with Gasteiger partial charge in [0.15, 0.2) is 0 Å². The van der Waals surface area contributed by atoms with Crippen LogP contribution in [0.1, 0.15) is 54.2 Å². The molecule has 2 aromatic rings. The van der Waals surface area contributed by atoms with Crippen molar-refractivity contribution in [2.45, 2.75) is 51.7 Å². The normalized spacial score (nSPS) is 19.0. The summed E-state index contributed by atoms with van der Waals surface area (Å²) < 4.78 is 1.82. The van der Waals surface area contributed by atoms with Crippen molar-refractivity contribution in [1.82, 2.24) is 25.0 Å². The lowest BCUT2D eigenvalue weighted by molar-refractivity contribution is -0.133. The summed E-state index contributed by atoms with van der Waals surface area (Å²) in [5.41, 5.74) is 1.04. The third-order valence-electron chi connectivity index (χ3n) is 5.66. The molecular formula is C20H26N6O2. The Morgan fingerprint density at radius 1 is 1.21 bits per heavy atom. The van der Waals surface area contributed by atoms with Crippen molar-refractivity contribution in [1.29, 1.82) is 0 Å². The van der Waals surface area contributed by atoms with Gasteiger partial charge in [0.05, 0.1) is 11.6 Å². The monoisotopic (exact) mass is 382 g/mol. The minimum Gasteiger partial charge on any atom is -0.362 e. The molecule has 0 radical (unpaired) electrons. The smallest absolute Gasteiger partial charge is 0.255 e. The van der Waals surface area contributed by atoms with Crippen LogP contribution in [0.4, 0.5) is 5.69 Å². The Hall–Kier alpha value is -2.90. The molecule has 2 amide bonds. The standard InChI is InChI=1S/C20H26N6O2/c1-13(26-15(3)21-14(2)24-26)12-18(27)25-10-8-20(9-11-25)22-17-7-5-4-6-16(17)19(28)23-20/h4-7,13,22H,8-12H2,1-3H3,(H,23,28). The summed E-state index contributed by atoms with van der Waals surface area (Å²) in [6.07, 6.45) is 1.74. The van der Waals surface area contributed by atoms with Crippen LogP contribution in [-0.2, 0) is 4.79 Å². The number of aryl methyl sites for hydroxylation is 2. The number of aromatic nitrogens is 3. The number of nitrogens with one attached hydrogen (secondary N) is 2. The summed E-state index contributed by atoms with van der Waals surface area (Å²) in [7, 11) is 0. The highest BCUT2D eigenvalue weighted by molar-refractivity contribution is 6.02. The highest BCUT2D eigenvalue weighted by Gasteiger charge is 2.41. The van der Waals surface area contributed by atoms with Crippen LogP contribution < -0.4 is 10.6 Å². The van der Waals surface area contributed by atoms with Crippen LogP contribution in [0.25, 0.3) is 0 Å². The fraction of sp³-hybridized carbons (Fsp3) is 0.500. The first kappa shape index (κ1) is 18.5. The largest absolute Gasteiger partial charge is 0.362 e. The molecule has 1 aromatic heterocycles. The van der Waals surface area contributed by atoms with Gasteiger partial charge in [-0.2, -0.15) is 5.10 Å². The number of likely N-dealkylation sites (tertiary alicyclic amines) is 1. The van der Waals surface area contributed by atoms with E-state index in [1.54, 1.807) is 0 Å². The number of fused-ring (bicyclic) bond motifs is 1. The number of hydrogen-bond donors (Lipinski definition) is 2. The first-order valence-electron chi connectivity index (χ1n) is 9.74. The molecule has 1 aromatic carbocycles. The maximum Gasteiger partial charge on any atom is 0.255 e. The maximum atomic E-state index is 12.8. The lowest BCUT2D eigenvalue weighted by atomic mass is 9.92. The third kappa shape index (κ3) is 3.34. The van der Waals surface area contributed by atoms with Gasteiger partial charge in [0, 0.05) is 38.0 Å². The molecule has 1 spiro atoms. The van der Waals surface area contributed by atoms with Crippen LogP contribution in [0, 0.1) is 13.8 Å². The zero-order valence-electron chi connectivity index (χ0n) is 16.5. The Kier molecular flexibility index (Phi) is 4.56. The van der Waals surface area contributed by atoms with E-state index in [0.717, 1.165) is 17.3 Å². The van der Waals surface area contributed by atoms with Crippen LogP contribution in [0.15, 0.2) is 24.3 Å². The van der Waals surface area contributed by atoms with Crippen molar-refractivity contribution in [2.24, 2.45) is 0 Å². The molecule has 28 heavy (non-hydrogen) atoms. The zero-order chi connectivity index (χ0) is 19.9. The van der Waals surface area contributed by atoms with E-state index in [1.165, 1.54) is 0 Å². The van der Waals surface area contributed by atoms with Gasteiger partial charge in [-0.3, -0.25) is 9.59 Å². The van der Waals surface area contributed by atoms with Crippen LogP contribution >= 0.6 is 0 Å². The van der Waals surface area contributed by atoms with E-state index in [9.17, 15) is 9.59 Å². The molecule has 1 atom stereocenters. The van der Waals surface area contributed by atoms with E-state index in [2.05, 4.69) is 20.7 Å². The summed E-state index contributed by atoms with van der Waals surface area (Å²) in [6.45, 7) is 6.96. The van der Waals surface area contributed by atoms with Crippen molar-refractivity contribution >= 4 is 17.5 Å². The number of hydrogen-bond acceptors (Lipinski definition) is 5. The molecule has 0 bridgehead atoms. The molecule has 0 aliphatic carbocycles. The van der Waals surface area contributed by atoms with Crippen LogP contribution in [-0.4, -0.2) is 50.2 Å². The summed E-state index contributed by atoms with van der Waals surface area (Å²) >= 11 is 0. The van der Waals surface area contributed by atoms with E-state index in [1.807, 2.05) is 54.6 Å². The van der Waals surface area contributed by atoms with Crippen molar-refractivity contribution < 1.29 is 9.59 Å². The van der Waals surface area contributed by atoms with Crippen molar-refractivity contribution in [3.63, 3.8) is 0 Å². The second kappa shape index (κ2) is 6.92. The minimum absolute atomic E-state index is 0.0380. The van der Waals surface area contributed by atoms with Gasteiger partial charge in [-0.15, -0.1) is 0 Å². The molecule has 8 heteroatoms. The van der Waals surface area contributed by atoms with E-state index < -0.39 is 5.66 Å². The van der Waals surface area contributed by atoms with E-state index in [-0.39, 0.29) is 17.9 Å². The van der Waals surface area contributed by atoms with Crippen molar-refractivity contribution in [3.8, 4) is 0 Å².